The third kappa shape index (κ3) is 3.72. The number of hydrogen-bond acceptors (Lipinski definition) is 4. The largest absolute Gasteiger partial charge is 0.309 e. The van der Waals surface area contributed by atoms with Crippen LogP contribution in [0, 0.1) is 0 Å². The minimum Gasteiger partial charge on any atom is -0.309 e. The standard InChI is InChI=1S/C12H19N3S2/c1-3-16-6-4-10(2)13-8-11-9-15-5-7-17-12(15)14-11/h5,7,9-10,13H,3-4,6,8H2,1-2H3. The summed E-state index contributed by atoms with van der Waals surface area (Å²) < 4.78 is 2.08. The Hall–Kier alpha value is -0.520. The van der Waals surface area contributed by atoms with E-state index in [0.29, 0.717) is 6.04 Å². The summed E-state index contributed by atoms with van der Waals surface area (Å²) in [6.45, 7) is 5.32. The Kier molecular flexibility index (Phi) is 4.88. The van der Waals surface area contributed by atoms with Gasteiger partial charge in [-0.1, -0.05) is 6.92 Å². The van der Waals surface area contributed by atoms with Crippen molar-refractivity contribution < 1.29 is 0 Å². The topological polar surface area (TPSA) is 29.3 Å². The third-order valence-electron chi connectivity index (χ3n) is 2.67. The van der Waals surface area contributed by atoms with E-state index >= 15 is 0 Å². The second-order valence-corrected chi connectivity index (χ2v) is 6.36. The van der Waals surface area contributed by atoms with E-state index in [-0.39, 0.29) is 0 Å². The molecule has 0 aliphatic rings. The van der Waals surface area contributed by atoms with E-state index in [9.17, 15) is 0 Å². The van der Waals surface area contributed by atoms with Crippen molar-refractivity contribution in [1.29, 1.82) is 0 Å². The van der Waals surface area contributed by atoms with Gasteiger partial charge in [-0.2, -0.15) is 11.8 Å². The lowest BCUT2D eigenvalue weighted by Gasteiger charge is -2.11. The number of nitrogens with one attached hydrogen (secondary N) is 1. The number of hydrogen-bond donors (Lipinski definition) is 1. The minimum atomic E-state index is 0.564. The number of nitrogens with zero attached hydrogens (tertiary/aromatic N) is 2. The molecule has 2 rings (SSSR count). The first-order valence-electron chi connectivity index (χ1n) is 6.01. The Balaban J connectivity index is 1.76. The molecule has 0 aliphatic heterocycles. The van der Waals surface area contributed by atoms with Crippen LogP contribution in [0.1, 0.15) is 26.0 Å². The monoisotopic (exact) mass is 269 g/mol. The van der Waals surface area contributed by atoms with Gasteiger partial charge < -0.3 is 5.32 Å². The van der Waals surface area contributed by atoms with E-state index in [2.05, 4.69) is 46.3 Å². The maximum absolute atomic E-state index is 4.55. The first-order valence-corrected chi connectivity index (χ1v) is 8.05. The molecular formula is C12H19N3S2. The molecule has 3 nitrogen and oxygen atoms in total. The lowest BCUT2D eigenvalue weighted by atomic mass is 10.2. The van der Waals surface area contributed by atoms with Crippen LogP contribution >= 0.6 is 23.1 Å². The van der Waals surface area contributed by atoms with Crippen molar-refractivity contribution in [2.24, 2.45) is 0 Å². The predicted octanol–water partition coefficient (Wildman–Crippen LogP) is 3.02. The van der Waals surface area contributed by atoms with Crippen LogP contribution in [0.4, 0.5) is 0 Å². The van der Waals surface area contributed by atoms with Gasteiger partial charge in [0.1, 0.15) is 0 Å². The molecule has 2 heterocycles. The third-order valence-corrected chi connectivity index (χ3v) is 4.38. The summed E-state index contributed by atoms with van der Waals surface area (Å²) in [6, 6.07) is 0.564. The van der Waals surface area contributed by atoms with Crippen molar-refractivity contribution in [2.75, 3.05) is 11.5 Å². The summed E-state index contributed by atoms with van der Waals surface area (Å²) in [5, 5.41) is 5.58. The molecule has 0 radical (unpaired) electrons. The average molecular weight is 269 g/mol. The fourth-order valence-electron chi connectivity index (χ4n) is 1.65. The van der Waals surface area contributed by atoms with Gasteiger partial charge >= 0.3 is 0 Å². The number of imidazole rings is 1. The Morgan fingerprint density at radius 2 is 2.47 bits per heavy atom. The summed E-state index contributed by atoms with van der Waals surface area (Å²) >= 11 is 3.69. The van der Waals surface area contributed by atoms with Crippen molar-refractivity contribution in [3.63, 3.8) is 0 Å². The molecule has 2 aromatic heterocycles. The minimum absolute atomic E-state index is 0.564. The zero-order valence-corrected chi connectivity index (χ0v) is 12.0. The van der Waals surface area contributed by atoms with Gasteiger partial charge in [0.2, 0.25) is 0 Å². The molecule has 1 unspecified atom stereocenters. The second kappa shape index (κ2) is 6.42. The van der Waals surface area contributed by atoms with E-state index in [1.807, 2.05) is 11.8 Å². The summed E-state index contributed by atoms with van der Waals surface area (Å²) in [5.74, 6) is 2.45. The Labute approximate surface area is 111 Å². The average Bonchev–Trinajstić information content (AvgIpc) is 2.86. The summed E-state index contributed by atoms with van der Waals surface area (Å²) in [7, 11) is 0. The van der Waals surface area contributed by atoms with Gasteiger partial charge in [-0.25, -0.2) is 4.98 Å². The Morgan fingerprint density at radius 1 is 1.59 bits per heavy atom. The van der Waals surface area contributed by atoms with Crippen LogP contribution in [0.3, 0.4) is 0 Å². The van der Waals surface area contributed by atoms with E-state index in [1.165, 1.54) is 17.9 Å². The van der Waals surface area contributed by atoms with Gasteiger partial charge in [-0.15, -0.1) is 11.3 Å². The number of fused-ring (bicyclic) bond motifs is 1. The molecule has 0 aliphatic carbocycles. The summed E-state index contributed by atoms with van der Waals surface area (Å²) in [5.41, 5.74) is 1.13. The van der Waals surface area contributed by atoms with Crippen LogP contribution in [-0.4, -0.2) is 26.9 Å². The van der Waals surface area contributed by atoms with E-state index in [1.54, 1.807) is 11.3 Å². The molecule has 0 amide bonds. The maximum Gasteiger partial charge on any atom is 0.193 e. The zero-order chi connectivity index (χ0) is 12.1. The molecule has 94 valence electrons. The second-order valence-electron chi connectivity index (χ2n) is 4.09. The molecule has 0 fully saturated rings. The summed E-state index contributed by atoms with van der Waals surface area (Å²) in [4.78, 5) is 5.63. The van der Waals surface area contributed by atoms with Crippen LogP contribution in [0.25, 0.3) is 4.96 Å². The SMILES string of the molecule is CCSCCC(C)NCc1cn2ccsc2n1. The Morgan fingerprint density at radius 3 is 3.24 bits per heavy atom. The van der Waals surface area contributed by atoms with Crippen LogP contribution in [0.15, 0.2) is 17.8 Å². The quantitative estimate of drug-likeness (QED) is 0.784. The van der Waals surface area contributed by atoms with Gasteiger partial charge in [0.05, 0.1) is 5.69 Å². The van der Waals surface area contributed by atoms with E-state index in [4.69, 9.17) is 0 Å². The molecule has 1 atom stereocenters. The first-order chi connectivity index (χ1) is 8.29. The number of thioether (sulfide) groups is 1. The Bertz CT molecular complexity index is 421. The highest BCUT2D eigenvalue weighted by Gasteiger charge is 2.05. The predicted molar refractivity (Wildman–Crippen MR) is 77.0 cm³/mol. The van der Waals surface area contributed by atoms with Gasteiger partial charge in [-0.3, -0.25) is 4.40 Å². The number of aromatic nitrogens is 2. The molecule has 0 saturated carbocycles. The molecule has 0 spiro atoms. The first kappa shape index (κ1) is 12.9. The number of rotatable bonds is 7. The molecule has 0 bridgehead atoms. The molecule has 2 aromatic rings. The van der Waals surface area contributed by atoms with Crippen LogP contribution in [0.5, 0.6) is 0 Å². The van der Waals surface area contributed by atoms with Crippen LogP contribution in [-0.2, 0) is 6.54 Å². The zero-order valence-electron chi connectivity index (χ0n) is 10.3. The molecule has 0 aromatic carbocycles. The van der Waals surface area contributed by atoms with Crippen LogP contribution < -0.4 is 5.32 Å². The number of thiazole rings is 1. The van der Waals surface area contributed by atoms with E-state index < -0.39 is 0 Å². The van der Waals surface area contributed by atoms with Crippen molar-refractivity contribution in [3.8, 4) is 0 Å². The lowest BCUT2D eigenvalue weighted by Crippen LogP contribution is -2.26. The fourth-order valence-corrected chi connectivity index (χ4v) is 3.17. The van der Waals surface area contributed by atoms with Crippen molar-refractivity contribution in [2.45, 2.75) is 32.9 Å². The van der Waals surface area contributed by atoms with Crippen molar-refractivity contribution >= 4 is 28.1 Å². The smallest absolute Gasteiger partial charge is 0.193 e. The summed E-state index contributed by atoms with van der Waals surface area (Å²) in [6.07, 6.45) is 5.38. The normalized spacial score (nSPS) is 13.3. The molecule has 1 N–H and O–H groups in total. The fraction of sp³-hybridized carbons (Fsp3) is 0.583. The van der Waals surface area contributed by atoms with E-state index in [0.717, 1.165) is 17.2 Å². The lowest BCUT2D eigenvalue weighted by molar-refractivity contribution is 0.533. The van der Waals surface area contributed by atoms with Gasteiger partial charge in [0.15, 0.2) is 4.96 Å². The molecular weight excluding hydrogens is 250 g/mol. The molecule has 17 heavy (non-hydrogen) atoms. The van der Waals surface area contributed by atoms with Crippen molar-refractivity contribution in [1.82, 2.24) is 14.7 Å². The highest BCUT2D eigenvalue weighted by Crippen LogP contribution is 2.11. The van der Waals surface area contributed by atoms with Crippen molar-refractivity contribution in [3.05, 3.63) is 23.5 Å². The maximum atomic E-state index is 4.55. The van der Waals surface area contributed by atoms with Gasteiger partial charge in [-0.05, 0) is 24.9 Å². The van der Waals surface area contributed by atoms with Gasteiger partial charge in [0.25, 0.3) is 0 Å². The van der Waals surface area contributed by atoms with Gasteiger partial charge in [0, 0.05) is 30.4 Å². The molecule has 5 heteroatoms. The highest BCUT2D eigenvalue weighted by atomic mass is 32.2. The highest BCUT2D eigenvalue weighted by molar-refractivity contribution is 7.99. The molecule has 0 saturated heterocycles. The van der Waals surface area contributed by atoms with Crippen LogP contribution in [0.2, 0.25) is 0 Å².